The number of imidazole rings is 1. The minimum atomic E-state index is -5.18. The lowest BCUT2D eigenvalue weighted by Crippen LogP contribution is -2.46. The largest absolute Gasteiger partial charge is 0.435 e. The third-order valence-electron chi connectivity index (χ3n) is 3.42. The van der Waals surface area contributed by atoms with Crippen molar-refractivity contribution in [1.29, 1.82) is 0 Å². The van der Waals surface area contributed by atoms with E-state index in [-0.39, 0.29) is 11.4 Å². The molecule has 1 atom stereocenters. The summed E-state index contributed by atoms with van der Waals surface area (Å²) in [6.07, 6.45) is -4.31. The highest BCUT2D eigenvalue weighted by atomic mass is 19.4. The summed E-state index contributed by atoms with van der Waals surface area (Å²) in [7, 11) is 1.24. The molecule has 11 heteroatoms. The average molecular weight is 379 g/mol. The molecule has 1 aromatic carbocycles. The van der Waals surface area contributed by atoms with Gasteiger partial charge in [0.2, 0.25) is 11.5 Å². The van der Waals surface area contributed by atoms with Crippen LogP contribution in [0.5, 0.6) is 5.75 Å². The van der Waals surface area contributed by atoms with E-state index in [0.717, 1.165) is 16.8 Å². The molecule has 0 spiro atoms. The first kappa shape index (κ1) is 19.6. The second kappa shape index (κ2) is 7.28. The number of nitrogens with zero attached hydrogens (tertiary/aromatic N) is 2. The van der Waals surface area contributed by atoms with E-state index >= 15 is 0 Å². The molecular weight excluding hydrogens is 365 g/mol. The molecule has 0 aliphatic heterocycles. The van der Waals surface area contributed by atoms with E-state index in [0.29, 0.717) is 0 Å². The molecule has 0 fully saturated rings. The highest BCUT2D eigenvalue weighted by molar-refractivity contribution is 5.91. The van der Waals surface area contributed by atoms with Crippen molar-refractivity contribution in [2.45, 2.75) is 24.8 Å². The van der Waals surface area contributed by atoms with Crippen LogP contribution in [0.25, 0.3) is 0 Å². The summed E-state index contributed by atoms with van der Waals surface area (Å²) in [5.74, 6) is -2.23. The van der Waals surface area contributed by atoms with Crippen molar-refractivity contribution in [2.75, 3.05) is 5.32 Å². The van der Waals surface area contributed by atoms with Crippen molar-refractivity contribution >= 4 is 11.6 Å². The zero-order valence-corrected chi connectivity index (χ0v) is 13.3. The zero-order chi connectivity index (χ0) is 19.5. The Labute approximate surface area is 144 Å². The normalized spacial score (nSPS) is 14.2. The summed E-state index contributed by atoms with van der Waals surface area (Å²) in [6, 6.07) is 4.73. The van der Waals surface area contributed by atoms with E-state index in [2.05, 4.69) is 15.0 Å². The van der Waals surface area contributed by atoms with Gasteiger partial charge in [-0.25, -0.2) is 4.98 Å². The summed E-state index contributed by atoms with van der Waals surface area (Å²) < 4.78 is 69.6. The Kier molecular flexibility index (Phi) is 5.50. The molecule has 0 radical (unpaired) electrons. The Balaban J connectivity index is 2.20. The van der Waals surface area contributed by atoms with Crippen molar-refractivity contribution in [3.05, 3.63) is 42.5 Å². The fraction of sp³-hybridized carbons (Fsp3) is 0.333. The lowest BCUT2D eigenvalue weighted by molar-refractivity contribution is -0.270. The van der Waals surface area contributed by atoms with Crippen molar-refractivity contribution in [3.63, 3.8) is 0 Å². The van der Waals surface area contributed by atoms with E-state index in [9.17, 15) is 31.9 Å². The maximum atomic E-state index is 13.4. The van der Waals surface area contributed by atoms with E-state index < -0.39 is 36.5 Å². The molecule has 0 saturated carbocycles. The average Bonchev–Trinajstić information content (AvgIpc) is 2.92. The number of benzene rings is 1. The number of alkyl halides is 5. The molecule has 0 aliphatic rings. The third-order valence-corrected chi connectivity index (χ3v) is 3.42. The van der Waals surface area contributed by atoms with Crippen LogP contribution in [-0.4, -0.2) is 33.4 Å². The molecule has 2 N–H and O–H groups in total. The Hall–Kier alpha value is -2.69. The van der Waals surface area contributed by atoms with Gasteiger partial charge in [0.1, 0.15) is 5.75 Å². The molecule has 1 amide bonds. The van der Waals surface area contributed by atoms with Crippen LogP contribution in [0.3, 0.4) is 0 Å². The molecule has 142 valence electrons. The number of hydrogen-bond acceptors (Lipinski definition) is 4. The molecule has 26 heavy (non-hydrogen) atoms. The van der Waals surface area contributed by atoms with E-state index in [4.69, 9.17) is 0 Å². The predicted octanol–water partition coefficient (Wildman–Crippen LogP) is 2.80. The number of anilines is 1. The van der Waals surface area contributed by atoms with E-state index in [1.807, 2.05) is 0 Å². The van der Waals surface area contributed by atoms with Gasteiger partial charge < -0.3 is 19.7 Å². The summed E-state index contributed by atoms with van der Waals surface area (Å²) in [4.78, 5) is 15.5. The SMILES string of the molecule is Cn1ccnc1C(O)(CC(=O)Nc1cccc(OC(F)F)c1)C(F)(F)F. The van der Waals surface area contributed by atoms with Crippen LogP contribution in [0.1, 0.15) is 12.2 Å². The Morgan fingerprint density at radius 1 is 1.38 bits per heavy atom. The minimum absolute atomic E-state index is 0.0717. The Bertz CT molecular complexity index is 778. The van der Waals surface area contributed by atoms with Gasteiger partial charge in [0.15, 0.2) is 5.82 Å². The standard InChI is InChI=1S/C15H14F5N3O3/c1-23-6-5-21-12(23)14(25,15(18,19)20)8-11(24)22-9-3-2-4-10(7-9)26-13(16)17/h2-7,13,25H,8H2,1H3,(H,22,24). The van der Waals surface area contributed by atoms with Crippen LogP contribution >= 0.6 is 0 Å². The lowest BCUT2D eigenvalue weighted by Gasteiger charge is -2.29. The first-order valence-corrected chi connectivity index (χ1v) is 7.14. The number of halogens is 5. The number of hydrogen-bond donors (Lipinski definition) is 2. The first-order chi connectivity index (χ1) is 12.0. The van der Waals surface area contributed by atoms with E-state index in [1.165, 1.54) is 31.4 Å². The highest BCUT2D eigenvalue weighted by Gasteiger charge is 2.58. The highest BCUT2D eigenvalue weighted by Crippen LogP contribution is 2.40. The Morgan fingerprint density at radius 3 is 2.62 bits per heavy atom. The number of amides is 1. The number of aromatic nitrogens is 2. The summed E-state index contributed by atoms with van der Waals surface area (Å²) >= 11 is 0. The fourth-order valence-electron chi connectivity index (χ4n) is 2.26. The van der Waals surface area contributed by atoms with Crippen LogP contribution < -0.4 is 10.1 Å². The van der Waals surface area contributed by atoms with Crippen molar-refractivity contribution in [3.8, 4) is 5.75 Å². The summed E-state index contributed by atoms with van der Waals surface area (Å²) in [6.45, 7) is -3.10. The van der Waals surface area contributed by atoms with Gasteiger partial charge in [0, 0.05) is 31.2 Å². The van der Waals surface area contributed by atoms with Crippen LogP contribution in [0, 0.1) is 0 Å². The van der Waals surface area contributed by atoms with Gasteiger partial charge >= 0.3 is 12.8 Å². The molecule has 1 unspecified atom stereocenters. The third kappa shape index (κ3) is 4.28. The molecule has 1 heterocycles. The molecule has 2 rings (SSSR count). The monoisotopic (exact) mass is 379 g/mol. The smallest absolute Gasteiger partial charge is 0.425 e. The number of carbonyl (C=O) groups excluding carboxylic acids is 1. The molecule has 1 aromatic heterocycles. The summed E-state index contributed by atoms with van der Waals surface area (Å²) in [5.41, 5.74) is -3.59. The Morgan fingerprint density at radius 2 is 2.08 bits per heavy atom. The second-order valence-electron chi connectivity index (χ2n) is 5.35. The first-order valence-electron chi connectivity index (χ1n) is 7.14. The lowest BCUT2D eigenvalue weighted by atomic mass is 9.97. The van der Waals surface area contributed by atoms with Crippen LogP contribution in [0.2, 0.25) is 0 Å². The number of carbonyl (C=O) groups is 1. The molecule has 0 aliphatic carbocycles. The van der Waals surface area contributed by atoms with Gasteiger partial charge in [-0.2, -0.15) is 22.0 Å². The number of nitrogens with one attached hydrogen (secondary N) is 1. The summed E-state index contributed by atoms with van der Waals surface area (Å²) in [5, 5.41) is 12.2. The quantitative estimate of drug-likeness (QED) is 0.757. The van der Waals surface area contributed by atoms with Gasteiger partial charge in [-0.05, 0) is 12.1 Å². The van der Waals surface area contributed by atoms with Crippen LogP contribution in [-0.2, 0) is 17.4 Å². The van der Waals surface area contributed by atoms with Crippen LogP contribution in [0.15, 0.2) is 36.7 Å². The molecule has 0 saturated heterocycles. The van der Waals surface area contributed by atoms with Crippen molar-refractivity contribution in [2.24, 2.45) is 7.05 Å². The second-order valence-corrected chi connectivity index (χ2v) is 5.35. The van der Waals surface area contributed by atoms with Crippen LogP contribution in [0.4, 0.5) is 27.6 Å². The van der Waals surface area contributed by atoms with Gasteiger partial charge in [-0.1, -0.05) is 6.07 Å². The van der Waals surface area contributed by atoms with Gasteiger partial charge in [0.05, 0.1) is 6.42 Å². The maximum Gasteiger partial charge on any atom is 0.425 e. The zero-order valence-electron chi connectivity index (χ0n) is 13.3. The molecule has 6 nitrogen and oxygen atoms in total. The predicted molar refractivity (Wildman–Crippen MR) is 79.5 cm³/mol. The number of ether oxygens (including phenoxy) is 1. The number of aryl methyl sites for hydroxylation is 1. The van der Waals surface area contributed by atoms with E-state index in [1.54, 1.807) is 0 Å². The molecule has 0 bridgehead atoms. The van der Waals surface area contributed by atoms with Crippen molar-refractivity contribution in [1.82, 2.24) is 9.55 Å². The minimum Gasteiger partial charge on any atom is -0.435 e. The maximum absolute atomic E-state index is 13.4. The van der Waals surface area contributed by atoms with Crippen molar-refractivity contribution < 1.29 is 36.6 Å². The molecular formula is C15H14F5N3O3. The topological polar surface area (TPSA) is 76.4 Å². The van der Waals surface area contributed by atoms with Gasteiger partial charge in [-0.3, -0.25) is 4.79 Å². The fourth-order valence-corrected chi connectivity index (χ4v) is 2.26. The van der Waals surface area contributed by atoms with Gasteiger partial charge in [0.25, 0.3) is 0 Å². The number of rotatable bonds is 6. The number of aliphatic hydroxyl groups is 1. The van der Waals surface area contributed by atoms with Gasteiger partial charge in [-0.15, -0.1) is 0 Å². The molecule has 2 aromatic rings.